The molecule has 0 bridgehead atoms. The summed E-state index contributed by atoms with van der Waals surface area (Å²) in [7, 11) is 1.42. The first-order valence-corrected chi connectivity index (χ1v) is 3.10. The van der Waals surface area contributed by atoms with Crippen molar-refractivity contribution in [3.8, 4) is 0 Å². The Labute approximate surface area is 57.6 Å². The van der Waals surface area contributed by atoms with Crippen molar-refractivity contribution >= 4 is 5.91 Å². The van der Waals surface area contributed by atoms with E-state index in [9.17, 15) is 13.6 Å². The fourth-order valence-corrected chi connectivity index (χ4v) is 0.930. The van der Waals surface area contributed by atoms with E-state index in [0.29, 0.717) is 0 Å². The molecule has 4 heteroatoms. The summed E-state index contributed by atoms with van der Waals surface area (Å²) in [5.41, 5.74) is -1.85. The van der Waals surface area contributed by atoms with Gasteiger partial charge >= 0.3 is 0 Å². The molecular formula is C6H9F2NO. The van der Waals surface area contributed by atoms with Crippen LogP contribution in [0.15, 0.2) is 0 Å². The zero-order valence-electron chi connectivity index (χ0n) is 5.66. The molecule has 0 aliphatic heterocycles. The highest BCUT2D eigenvalue weighted by atomic mass is 19.2. The van der Waals surface area contributed by atoms with Gasteiger partial charge in [-0.2, -0.15) is 0 Å². The number of carbonyl (C=O) groups excluding carboxylic acids is 1. The Kier molecular flexibility index (Phi) is 1.62. The fraction of sp³-hybridized carbons (Fsp3) is 0.833. The lowest BCUT2D eigenvalue weighted by Crippen LogP contribution is -2.24. The van der Waals surface area contributed by atoms with E-state index in [1.165, 1.54) is 7.05 Å². The van der Waals surface area contributed by atoms with Crippen LogP contribution in [0.3, 0.4) is 0 Å². The van der Waals surface area contributed by atoms with E-state index in [0.717, 1.165) is 0 Å². The van der Waals surface area contributed by atoms with Crippen molar-refractivity contribution in [2.75, 3.05) is 13.7 Å². The molecule has 0 heterocycles. The molecule has 1 aliphatic carbocycles. The molecular weight excluding hydrogens is 140 g/mol. The first kappa shape index (κ1) is 7.44. The quantitative estimate of drug-likeness (QED) is 0.606. The summed E-state index contributed by atoms with van der Waals surface area (Å²) < 4.78 is 24.4. The molecule has 1 N–H and O–H groups in total. The van der Waals surface area contributed by atoms with Crippen LogP contribution in [-0.2, 0) is 4.79 Å². The van der Waals surface area contributed by atoms with Gasteiger partial charge < -0.3 is 5.32 Å². The Morgan fingerprint density at radius 1 is 1.90 bits per heavy atom. The topological polar surface area (TPSA) is 29.1 Å². The van der Waals surface area contributed by atoms with Crippen molar-refractivity contribution in [1.82, 2.24) is 5.32 Å². The first-order chi connectivity index (χ1) is 4.64. The highest BCUT2D eigenvalue weighted by Gasteiger charge is 2.59. The first-order valence-electron chi connectivity index (χ1n) is 3.10. The third-order valence-electron chi connectivity index (χ3n) is 1.79. The van der Waals surface area contributed by atoms with Crippen LogP contribution in [0.25, 0.3) is 0 Å². The third kappa shape index (κ3) is 0.978. The second kappa shape index (κ2) is 2.18. The smallest absolute Gasteiger partial charge is 0.226 e. The summed E-state index contributed by atoms with van der Waals surface area (Å²) in [4.78, 5) is 10.6. The van der Waals surface area contributed by atoms with Gasteiger partial charge in [-0.15, -0.1) is 0 Å². The van der Waals surface area contributed by atoms with E-state index < -0.39 is 24.2 Å². The van der Waals surface area contributed by atoms with Crippen LogP contribution in [0.1, 0.15) is 6.42 Å². The summed E-state index contributed by atoms with van der Waals surface area (Å²) >= 11 is 0. The molecule has 0 radical (unpaired) electrons. The predicted octanol–water partition coefficient (Wildman–Crippen LogP) is 0.430. The van der Waals surface area contributed by atoms with Crippen molar-refractivity contribution < 1.29 is 13.6 Å². The standard InChI is InChI=1S/C6H9F2NO/c1-9-5(10)4-2-6(4,8)3-7/h4H,2-3H2,1H3,(H,9,10). The molecule has 1 rings (SSSR count). The van der Waals surface area contributed by atoms with Crippen LogP contribution in [0, 0.1) is 5.92 Å². The second-order valence-electron chi connectivity index (χ2n) is 2.54. The van der Waals surface area contributed by atoms with Gasteiger partial charge in [0.25, 0.3) is 0 Å². The number of hydrogen-bond acceptors (Lipinski definition) is 1. The van der Waals surface area contributed by atoms with Gasteiger partial charge in [0.15, 0.2) is 5.67 Å². The molecule has 2 atom stereocenters. The Hall–Kier alpha value is -0.670. The van der Waals surface area contributed by atoms with Gasteiger partial charge in [-0.05, 0) is 6.42 Å². The number of nitrogens with one attached hydrogen (secondary N) is 1. The van der Waals surface area contributed by atoms with Gasteiger partial charge in [0.2, 0.25) is 5.91 Å². The molecule has 0 saturated heterocycles. The molecule has 0 spiro atoms. The normalized spacial score (nSPS) is 37.3. The van der Waals surface area contributed by atoms with Crippen LogP contribution in [-0.4, -0.2) is 25.3 Å². The monoisotopic (exact) mass is 149 g/mol. The molecule has 2 unspecified atom stereocenters. The summed E-state index contributed by atoms with van der Waals surface area (Å²) in [6.45, 7) is -1.05. The van der Waals surface area contributed by atoms with Crippen LogP contribution in [0.5, 0.6) is 0 Å². The van der Waals surface area contributed by atoms with Crippen molar-refractivity contribution in [2.45, 2.75) is 12.1 Å². The third-order valence-corrected chi connectivity index (χ3v) is 1.79. The van der Waals surface area contributed by atoms with Crippen molar-refractivity contribution in [1.29, 1.82) is 0 Å². The van der Waals surface area contributed by atoms with Crippen molar-refractivity contribution in [3.63, 3.8) is 0 Å². The van der Waals surface area contributed by atoms with Crippen molar-refractivity contribution in [3.05, 3.63) is 0 Å². The lowest BCUT2D eigenvalue weighted by molar-refractivity contribution is -0.122. The number of amides is 1. The maximum absolute atomic E-state index is 12.7. The highest BCUT2D eigenvalue weighted by Crippen LogP contribution is 2.47. The lowest BCUT2D eigenvalue weighted by Gasteiger charge is -1.99. The Balaban J connectivity index is 2.44. The molecule has 2 nitrogen and oxygen atoms in total. The van der Waals surface area contributed by atoms with Crippen LogP contribution >= 0.6 is 0 Å². The maximum Gasteiger partial charge on any atom is 0.226 e. The van der Waals surface area contributed by atoms with Crippen LogP contribution in [0.2, 0.25) is 0 Å². The van der Waals surface area contributed by atoms with Gasteiger partial charge in [-0.25, -0.2) is 8.78 Å². The molecule has 58 valence electrons. The van der Waals surface area contributed by atoms with E-state index in [1.807, 2.05) is 0 Å². The lowest BCUT2D eigenvalue weighted by atomic mass is 10.3. The predicted molar refractivity (Wildman–Crippen MR) is 32.0 cm³/mol. The molecule has 1 aliphatic rings. The highest BCUT2D eigenvalue weighted by molar-refractivity contribution is 5.83. The summed E-state index contributed by atoms with van der Waals surface area (Å²) in [5, 5.41) is 2.27. The number of alkyl halides is 2. The molecule has 1 saturated carbocycles. The second-order valence-corrected chi connectivity index (χ2v) is 2.54. The number of rotatable bonds is 2. The van der Waals surface area contributed by atoms with E-state index in [-0.39, 0.29) is 6.42 Å². The van der Waals surface area contributed by atoms with Gasteiger partial charge in [-0.1, -0.05) is 0 Å². The summed E-state index contributed by atoms with van der Waals surface area (Å²) in [5.74, 6) is -1.15. The molecule has 1 fully saturated rings. The average Bonchev–Trinajstić information content (AvgIpc) is 2.62. The number of carbonyl (C=O) groups is 1. The Morgan fingerprint density at radius 2 is 2.50 bits per heavy atom. The number of halogens is 2. The average molecular weight is 149 g/mol. The summed E-state index contributed by atoms with van der Waals surface area (Å²) in [6.07, 6.45) is 0.0309. The number of hydrogen-bond donors (Lipinski definition) is 1. The van der Waals surface area contributed by atoms with E-state index >= 15 is 0 Å². The molecule has 1 amide bonds. The minimum atomic E-state index is -1.85. The largest absolute Gasteiger partial charge is 0.359 e. The molecule has 0 aromatic carbocycles. The summed E-state index contributed by atoms with van der Waals surface area (Å²) in [6, 6.07) is 0. The minimum Gasteiger partial charge on any atom is -0.359 e. The molecule has 0 aromatic rings. The SMILES string of the molecule is CNC(=O)C1CC1(F)CF. The van der Waals surface area contributed by atoms with Crippen molar-refractivity contribution in [2.24, 2.45) is 5.92 Å². The van der Waals surface area contributed by atoms with E-state index in [1.54, 1.807) is 0 Å². The molecule has 0 aromatic heterocycles. The Morgan fingerprint density at radius 3 is 2.80 bits per heavy atom. The van der Waals surface area contributed by atoms with Gasteiger partial charge in [-0.3, -0.25) is 4.79 Å². The van der Waals surface area contributed by atoms with E-state index in [2.05, 4.69) is 5.32 Å². The zero-order valence-corrected chi connectivity index (χ0v) is 5.66. The van der Waals surface area contributed by atoms with Gasteiger partial charge in [0.1, 0.15) is 6.67 Å². The Bertz CT molecular complexity index is 162. The maximum atomic E-state index is 12.7. The minimum absolute atomic E-state index is 0.0309. The van der Waals surface area contributed by atoms with E-state index in [4.69, 9.17) is 0 Å². The van der Waals surface area contributed by atoms with Gasteiger partial charge in [0.05, 0.1) is 5.92 Å². The van der Waals surface area contributed by atoms with Crippen LogP contribution in [0.4, 0.5) is 8.78 Å². The van der Waals surface area contributed by atoms with Gasteiger partial charge in [0, 0.05) is 7.05 Å². The fourth-order valence-electron chi connectivity index (χ4n) is 0.930. The van der Waals surface area contributed by atoms with Crippen LogP contribution < -0.4 is 5.32 Å². The zero-order chi connectivity index (χ0) is 7.78. The molecule has 10 heavy (non-hydrogen) atoms.